The van der Waals surface area contributed by atoms with Crippen molar-refractivity contribution >= 4 is 17.5 Å². The number of benzene rings is 2. The van der Waals surface area contributed by atoms with Gasteiger partial charge in [0, 0.05) is 43.2 Å². The number of ether oxygens (including phenoxy) is 2. The predicted octanol–water partition coefficient (Wildman–Crippen LogP) is 3.65. The number of rotatable bonds is 8. The summed E-state index contributed by atoms with van der Waals surface area (Å²) in [6, 6.07) is 13.3. The lowest BCUT2D eigenvalue weighted by Crippen LogP contribution is -2.56. The molecule has 36 heavy (non-hydrogen) atoms. The van der Waals surface area contributed by atoms with Gasteiger partial charge in [0.2, 0.25) is 11.8 Å². The normalized spacial score (nSPS) is 23.9. The first-order valence-corrected chi connectivity index (χ1v) is 12.6. The number of nitrogens with one attached hydrogen (secondary N) is 2. The first-order valence-electron chi connectivity index (χ1n) is 12.6. The van der Waals surface area contributed by atoms with E-state index in [-0.39, 0.29) is 36.9 Å². The molecule has 0 spiro atoms. The Labute approximate surface area is 213 Å². The molecule has 8 heteroatoms. The SMILES string of the molecule is COc1ccc([C@@H]2[C@H]3CCCC[C@@]3(O)CCN2CC(=O)NCc2cc(NC(C)=O)ccc2OC)cc1. The number of nitrogens with zero attached hydrogens (tertiary/aromatic N) is 1. The van der Waals surface area contributed by atoms with Crippen LogP contribution in [0.3, 0.4) is 0 Å². The topological polar surface area (TPSA) is 100 Å². The molecule has 2 aromatic rings. The third-order valence-corrected chi connectivity index (χ3v) is 7.55. The Morgan fingerprint density at radius 2 is 1.86 bits per heavy atom. The second kappa shape index (κ2) is 11.3. The molecule has 0 radical (unpaired) electrons. The van der Waals surface area contributed by atoms with Crippen LogP contribution in [0.4, 0.5) is 5.69 Å². The van der Waals surface area contributed by atoms with Gasteiger partial charge in [0.15, 0.2) is 0 Å². The van der Waals surface area contributed by atoms with E-state index >= 15 is 0 Å². The van der Waals surface area contributed by atoms with Crippen LogP contribution in [0.15, 0.2) is 42.5 Å². The fourth-order valence-corrected chi connectivity index (χ4v) is 5.80. The van der Waals surface area contributed by atoms with Gasteiger partial charge in [-0.3, -0.25) is 14.5 Å². The standard InChI is InChI=1S/C28H37N3O5/c1-19(32)30-22-9-12-25(36-3)21(16-22)17-29-26(33)18-31-15-14-28(34)13-5-4-6-24(28)27(31)20-7-10-23(35-2)11-8-20/h7-12,16,24,27,34H,4-6,13-15,17-18H2,1-3H3,(H,29,33)(H,30,32)/t24-,27-,28-/m1/s1. The van der Waals surface area contributed by atoms with Crippen molar-refractivity contribution in [2.75, 3.05) is 32.6 Å². The molecule has 0 aromatic heterocycles. The fraction of sp³-hybridized carbons (Fsp3) is 0.500. The second-order valence-corrected chi connectivity index (χ2v) is 9.88. The van der Waals surface area contributed by atoms with Gasteiger partial charge >= 0.3 is 0 Å². The lowest BCUT2D eigenvalue weighted by atomic mass is 9.66. The zero-order chi connectivity index (χ0) is 25.7. The fourth-order valence-electron chi connectivity index (χ4n) is 5.80. The van der Waals surface area contributed by atoms with Crippen LogP contribution >= 0.6 is 0 Å². The van der Waals surface area contributed by atoms with E-state index < -0.39 is 5.60 Å². The van der Waals surface area contributed by atoms with E-state index in [1.807, 2.05) is 30.3 Å². The minimum Gasteiger partial charge on any atom is -0.497 e. The maximum absolute atomic E-state index is 13.1. The van der Waals surface area contributed by atoms with Crippen molar-refractivity contribution in [1.82, 2.24) is 10.2 Å². The number of likely N-dealkylation sites (tertiary alicyclic amines) is 1. The van der Waals surface area contributed by atoms with Crippen LogP contribution in [0, 0.1) is 5.92 Å². The predicted molar refractivity (Wildman–Crippen MR) is 138 cm³/mol. The minimum atomic E-state index is -0.687. The molecule has 1 saturated heterocycles. The lowest BCUT2D eigenvalue weighted by molar-refractivity contribution is -0.138. The molecule has 0 bridgehead atoms. The number of fused-ring (bicyclic) bond motifs is 1. The molecule has 3 N–H and O–H groups in total. The van der Waals surface area contributed by atoms with Crippen molar-refractivity contribution in [3.05, 3.63) is 53.6 Å². The average molecular weight is 496 g/mol. The first kappa shape index (κ1) is 26.0. The molecule has 2 aliphatic rings. The average Bonchev–Trinajstić information content (AvgIpc) is 2.87. The van der Waals surface area contributed by atoms with E-state index in [0.29, 0.717) is 24.4 Å². The van der Waals surface area contributed by atoms with E-state index in [4.69, 9.17) is 9.47 Å². The molecule has 1 aliphatic carbocycles. The van der Waals surface area contributed by atoms with Gasteiger partial charge < -0.3 is 25.2 Å². The molecule has 194 valence electrons. The lowest BCUT2D eigenvalue weighted by Gasteiger charge is -2.52. The van der Waals surface area contributed by atoms with Crippen LogP contribution in [-0.4, -0.2) is 54.7 Å². The summed E-state index contributed by atoms with van der Waals surface area (Å²) in [5.74, 6) is 1.25. The van der Waals surface area contributed by atoms with Gasteiger partial charge in [-0.05, 0) is 55.2 Å². The number of aliphatic hydroxyl groups is 1. The summed E-state index contributed by atoms with van der Waals surface area (Å²) in [6.07, 6.45) is 4.56. The zero-order valence-corrected chi connectivity index (χ0v) is 21.4. The van der Waals surface area contributed by atoms with Gasteiger partial charge in [0.25, 0.3) is 0 Å². The Hall–Kier alpha value is -3.10. The van der Waals surface area contributed by atoms with Crippen molar-refractivity contribution < 1.29 is 24.2 Å². The minimum absolute atomic E-state index is 0.0432. The number of amides is 2. The molecule has 2 aromatic carbocycles. The van der Waals surface area contributed by atoms with Gasteiger partial charge in [-0.1, -0.05) is 25.0 Å². The smallest absolute Gasteiger partial charge is 0.234 e. The Balaban J connectivity index is 1.49. The van der Waals surface area contributed by atoms with Crippen molar-refractivity contribution in [1.29, 1.82) is 0 Å². The highest BCUT2D eigenvalue weighted by Crippen LogP contribution is 2.49. The van der Waals surface area contributed by atoms with Crippen molar-refractivity contribution in [3.8, 4) is 11.5 Å². The number of carbonyl (C=O) groups excluding carboxylic acids is 2. The van der Waals surface area contributed by atoms with E-state index in [9.17, 15) is 14.7 Å². The number of hydrogen-bond acceptors (Lipinski definition) is 6. The van der Waals surface area contributed by atoms with Gasteiger partial charge in [-0.2, -0.15) is 0 Å². The van der Waals surface area contributed by atoms with Crippen LogP contribution < -0.4 is 20.1 Å². The molecule has 8 nitrogen and oxygen atoms in total. The van der Waals surface area contributed by atoms with Crippen molar-refractivity contribution in [2.24, 2.45) is 5.92 Å². The Morgan fingerprint density at radius 1 is 1.08 bits per heavy atom. The van der Waals surface area contributed by atoms with Crippen LogP contribution in [0.1, 0.15) is 56.2 Å². The molecular weight excluding hydrogens is 458 g/mol. The molecule has 1 saturated carbocycles. The van der Waals surface area contributed by atoms with E-state index in [0.717, 1.165) is 42.6 Å². The van der Waals surface area contributed by atoms with E-state index in [2.05, 4.69) is 15.5 Å². The second-order valence-electron chi connectivity index (χ2n) is 9.88. The quantitative estimate of drug-likeness (QED) is 0.517. The van der Waals surface area contributed by atoms with Crippen LogP contribution in [0.25, 0.3) is 0 Å². The van der Waals surface area contributed by atoms with Crippen LogP contribution in [0.5, 0.6) is 11.5 Å². The number of piperidine rings is 1. The highest BCUT2D eigenvalue weighted by atomic mass is 16.5. The van der Waals surface area contributed by atoms with Gasteiger partial charge in [0.05, 0.1) is 26.4 Å². The van der Waals surface area contributed by atoms with E-state index in [1.54, 1.807) is 26.4 Å². The van der Waals surface area contributed by atoms with Gasteiger partial charge in [0.1, 0.15) is 11.5 Å². The molecule has 1 aliphatic heterocycles. The Morgan fingerprint density at radius 3 is 2.56 bits per heavy atom. The Bertz CT molecular complexity index is 1070. The summed E-state index contributed by atoms with van der Waals surface area (Å²) in [7, 11) is 3.23. The molecule has 3 atom stereocenters. The highest BCUT2D eigenvalue weighted by molar-refractivity contribution is 5.88. The molecule has 2 amide bonds. The maximum atomic E-state index is 13.1. The summed E-state index contributed by atoms with van der Waals surface area (Å²) in [6.45, 7) is 2.62. The molecule has 4 rings (SSSR count). The summed E-state index contributed by atoms with van der Waals surface area (Å²) in [5.41, 5.74) is 1.84. The summed E-state index contributed by atoms with van der Waals surface area (Å²) < 4.78 is 10.8. The summed E-state index contributed by atoms with van der Waals surface area (Å²) in [4.78, 5) is 26.7. The number of methoxy groups -OCH3 is 2. The number of anilines is 1. The molecule has 0 unspecified atom stereocenters. The van der Waals surface area contributed by atoms with Crippen molar-refractivity contribution in [3.63, 3.8) is 0 Å². The largest absolute Gasteiger partial charge is 0.497 e. The summed E-state index contributed by atoms with van der Waals surface area (Å²) >= 11 is 0. The van der Waals surface area contributed by atoms with Gasteiger partial charge in [-0.15, -0.1) is 0 Å². The maximum Gasteiger partial charge on any atom is 0.234 e. The zero-order valence-electron chi connectivity index (χ0n) is 21.4. The Kier molecular flexibility index (Phi) is 8.16. The monoisotopic (exact) mass is 495 g/mol. The number of hydrogen-bond donors (Lipinski definition) is 3. The third-order valence-electron chi connectivity index (χ3n) is 7.55. The first-order chi connectivity index (χ1) is 17.3. The number of carbonyl (C=O) groups is 2. The van der Waals surface area contributed by atoms with E-state index in [1.165, 1.54) is 6.92 Å². The third kappa shape index (κ3) is 5.82. The summed E-state index contributed by atoms with van der Waals surface area (Å²) in [5, 5.41) is 17.3. The van der Waals surface area contributed by atoms with Crippen molar-refractivity contribution in [2.45, 2.75) is 57.2 Å². The molecule has 1 heterocycles. The molecule has 2 fully saturated rings. The van der Waals surface area contributed by atoms with Crippen LogP contribution in [-0.2, 0) is 16.1 Å². The van der Waals surface area contributed by atoms with Crippen LogP contribution in [0.2, 0.25) is 0 Å². The molecular formula is C28H37N3O5. The van der Waals surface area contributed by atoms with Gasteiger partial charge in [-0.25, -0.2) is 0 Å². The highest BCUT2D eigenvalue weighted by Gasteiger charge is 2.49.